The van der Waals surface area contributed by atoms with Gasteiger partial charge < -0.3 is 38.9 Å². The van der Waals surface area contributed by atoms with Gasteiger partial charge in [-0.15, -0.1) is 0 Å². The number of fused-ring (bicyclic) bond motifs is 16. The van der Waals surface area contributed by atoms with Crippen molar-refractivity contribution in [3.63, 3.8) is 0 Å². The Kier molecular flexibility index (Phi) is 35.8. The third-order valence-corrected chi connectivity index (χ3v) is 24.8. The number of aromatic amines is 4. The molecule has 10 aromatic rings. The van der Waals surface area contributed by atoms with Crippen LogP contribution in [0.1, 0.15) is 341 Å². The summed E-state index contributed by atoms with van der Waals surface area (Å²) in [5, 5.41) is 0. The smallest absolute Gasteiger partial charge is 0.123 e. The predicted octanol–water partition coefficient (Wildman–Crippen LogP) is 31.7. The molecular weight excluding hydrogens is 1550 g/mol. The largest absolute Gasteiger partial charge is 0.493 e. The Balaban J connectivity index is 0.908. The second-order valence-corrected chi connectivity index (χ2v) is 34.9. The summed E-state index contributed by atoms with van der Waals surface area (Å²) in [6, 6.07) is 42.4. The van der Waals surface area contributed by atoms with E-state index < -0.39 is 0 Å². The number of aromatic nitrogens is 10. The lowest BCUT2D eigenvalue weighted by molar-refractivity contribution is 0.289. The summed E-state index contributed by atoms with van der Waals surface area (Å²) in [6.07, 6.45) is 74.3. The van der Waals surface area contributed by atoms with Gasteiger partial charge in [0.2, 0.25) is 0 Å². The monoisotopic (exact) mass is 1690 g/mol. The highest BCUT2D eigenvalue weighted by Crippen LogP contribution is 2.41. The van der Waals surface area contributed by atoms with Crippen molar-refractivity contribution in [3.8, 4) is 79.3 Å². The molecule has 658 valence electrons. The molecule has 12 heterocycles. The summed E-state index contributed by atoms with van der Waals surface area (Å²) >= 11 is 0. The molecule has 0 saturated carbocycles. The van der Waals surface area contributed by atoms with E-state index in [1.54, 1.807) is 0 Å². The van der Waals surface area contributed by atoms with Gasteiger partial charge in [0.05, 0.1) is 94.1 Å². The van der Waals surface area contributed by atoms with Crippen LogP contribution in [0.4, 0.5) is 0 Å². The Hall–Kier alpha value is -11.3. The fourth-order valence-electron chi connectivity index (χ4n) is 17.8. The molecule has 16 bridgehead atoms. The minimum absolute atomic E-state index is 0.614. The molecule has 4 aliphatic heterocycles. The molecule has 0 spiro atoms. The van der Waals surface area contributed by atoms with Gasteiger partial charge in [-0.2, -0.15) is 0 Å². The molecule has 14 heteroatoms. The maximum Gasteiger partial charge on any atom is 0.123 e. The van der Waals surface area contributed by atoms with E-state index in [0.717, 1.165) is 197 Å². The van der Waals surface area contributed by atoms with E-state index in [1.807, 2.05) is 49.1 Å². The summed E-state index contributed by atoms with van der Waals surface area (Å²) in [7, 11) is 0. The zero-order valence-corrected chi connectivity index (χ0v) is 75.9. The number of hydrogen-bond donors (Lipinski definition) is 4. The minimum Gasteiger partial charge on any atom is -0.493 e. The molecule has 126 heavy (non-hydrogen) atoms. The van der Waals surface area contributed by atoms with Crippen molar-refractivity contribution in [2.75, 3.05) is 26.4 Å². The number of pyridine rings is 2. The molecular formula is C112H136N10O4. The quantitative estimate of drug-likeness (QED) is 0.0212. The Morgan fingerprint density at radius 1 is 0.230 bits per heavy atom. The zero-order valence-electron chi connectivity index (χ0n) is 75.9. The third-order valence-electron chi connectivity index (χ3n) is 24.8. The first-order chi connectivity index (χ1) is 62.3. The van der Waals surface area contributed by atoms with Gasteiger partial charge >= 0.3 is 0 Å². The van der Waals surface area contributed by atoms with Crippen molar-refractivity contribution in [2.45, 2.75) is 285 Å². The maximum absolute atomic E-state index is 6.84. The molecule has 2 aromatic carbocycles. The summed E-state index contributed by atoms with van der Waals surface area (Å²) in [4.78, 5) is 46.8. The van der Waals surface area contributed by atoms with Crippen LogP contribution in [0, 0.1) is 11.8 Å². The normalized spacial score (nSPS) is 12.1. The fraction of sp³-hybridized carbons (Fsp3) is 0.429. The van der Waals surface area contributed by atoms with E-state index >= 15 is 0 Å². The van der Waals surface area contributed by atoms with Gasteiger partial charge in [0.1, 0.15) is 23.0 Å². The van der Waals surface area contributed by atoms with Gasteiger partial charge in [0, 0.05) is 92.3 Å². The fourth-order valence-corrected chi connectivity index (χ4v) is 17.8. The topological polar surface area (TPSA) is 177 Å². The number of rotatable bonds is 52. The van der Waals surface area contributed by atoms with E-state index in [-0.39, 0.29) is 0 Å². The second-order valence-electron chi connectivity index (χ2n) is 34.9. The highest BCUT2D eigenvalue weighted by Gasteiger charge is 2.22. The van der Waals surface area contributed by atoms with Gasteiger partial charge in [0.25, 0.3) is 0 Å². The molecule has 4 aliphatic rings. The van der Waals surface area contributed by atoms with E-state index in [1.165, 1.54) is 205 Å². The number of benzene rings is 2. The van der Waals surface area contributed by atoms with Crippen LogP contribution in [0.2, 0.25) is 0 Å². The molecule has 0 atom stereocenters. The molecule has 8 aromatic heterocycles. The SMILES string of the molecule is CCCCCCCCCCCCOc1cc(OCCCCCCCCCCCC)cc(-c2c3nc(c(C#Cc4c5nc(c(-c6ccncc6)c6ccc(cc7nc(c(-c8cc(OCCCCCCCCCCCC)cc(OCCCCCCCCCCCC)c8)c8ccc4[nH]8)C=C7)[nH]6)C=C5)c4ccc([nH]4)c(-c4ccncc4)c4nc(cc5ccc2[nH]5)C=C4)C=C3)c1. The molecule has 0 unspecified atom stereocenters. The Morgan fingerprint density at radius 2 is 0.484 bits per heavy atom. The van der Waals surface area contributed by atoms with Crippen LogP contribution >= 0.6 is 0 Å². The lowest BCUT2D eigenvalue weighted by Gasteiger charge is -2.14. The molecule has 0 aliphatic carbocycles. The van der Waals surface area contributed by atoms with Gasteiger partial charge in [0.15, 0.2) is 0 Å². The van der Waals surface area contributed by atoms with Crippen LogP contribution in [0.25, 0.3) is 137 Å². The first-order valence-corrected chi connectivity index (χ1v) is 48.8. The first kappa shape index (κ1) is 90.9. The molecule has 14 rings (SSSR count). The second kappa shape index (κ2) is 49.6. The number of H-pyrrole nitrogens is 4. The molecule has 0 saturated heterocycles. The van der Waals surface area contributed by atoms with Crippen LogP contribution in [0.15, 0.2) is 146 Å². The Bertz CT molecular complexity index is 5460. The number of ether oxygens (including phenoxy) is 4. The lowest BCUT2D eigenvalue weighted by Crippen LogP contribution is -2.01. The van der Waals surface area contributed by atoms with E-state index in [0.29, 0.717) is 48.9 Å². The van der Waals surface area contributed by atoms with Gasteiger partial charge in [-0.05, 0) is 206 Å². The zero-order chi connectivity index (χ0) is 86.4. The van der Waals surface area contributed by atoms with Crippen LogP contribution in [0.3, 0.4) is 0 Å². The molecule has 0 amide bonds. The summed E-state index contributed by atoms with van der Waals surface area (Å²) in [5.41, 5.74) is 21.8. The number of hydrogen-bond acceptors (Lipinski definition) is 10. The average molecular weight is 1690 g/mol. The summed E-state index contributed by atoms with van der Waals surface area (Å²) in [5.74, 6) is 10.8. The van der Waals surface area contributed by atoms with Crippen molar-refractivity contribution in [1.29, 1.82) is 0 Å². The van der Waals surface area contributed by atoms with Crippen molar-refractivity contribution < 1.29 is 18.9 Å². The van der Waals surface area contributed by atoms with E-state index in [4.69, 9.17) is 38.9 Å². The van der Waals surface area contributed by atoms with Crippen LogP contribution in [-0.4, -0.2) is 76.3 Å². The highest BCUT2D eigenvalue weighted by atomic mass is 16.5. The molecule has 14 nitrogen and oxygen atoms in total. The standard InChI is InChI=1S/C112H136N10O4/c1-5-9-13-17-21-25-29-33-37-41-71-123-91-75-85(76-92(81-91)124-72-42-38-34-30-26-22-18-14-10-6-2)111-103-53-47-89(117-103)79-87-45-51-101(115-87)109(83-63-67-113-68-64-83)105-59-55-97(119-105)95(99-57-61-107(111)121-99)49-50-96-98-56-60-106(120-98)110(84-65-69-114-70-66-84)102-52-46-88(116-102)80-90-48-54-104(118-90)112(108-62-58-100(96)122-108)86-77-93(125-73-43-39-35-31-27-23-19-15-11-7-3)82-94(78-86)126-74-44-40-36-32-28-24-20-16-12-8-4/h45-48,51-70,75-82,115,118,120-121H,5-44,71-74H2,1-4H3. The lowest BCUT2D eigenvalue weighted by atomic mass is 10.0. The number of nitrogens with one attached hydrogen (secondary N) is 4. The van der Waals surface area contributed by atoms with E-state index in [9.17, 15) is 0 Å². The predicted molar refractivity (Wildman–Crippen MR) is 530 cm³/mol. The van der Waals surface area contributed by atoms with Gasteiger partial charge in [-0.1, -0.05) is 271 Å². The molecule has 4 N–H and O–H groups in total. The van der Waals surface area contributed by atoms with Crippen molar-refractivity contribution in [2.24, 2.45) is 0 Å². The van der Waals surface area contributed by atoms with Crippen molar-refractivity contribution >= 4 is 92.7 Å². The summed E-state index contributed by atoms with van der Waals surface area (Å²) in [6.45, 7) is 11.6. The Labute approximate surface area is 750 Å². The van der Waals surface area contributed by atoms with E-state index in [2.05, 4.69) is 215 Å². The third kappa shape index (κ3) is 26.7. The van der Waals surface area contributed by atoms with Crippen LogP contribution in [0.5, 0.6) is 23.0 Å². The van der Waals surface area contributed by atoms with Crippen LogP contribution < -0.4 is 18.9 Å². The first-order valence-electron chi connectivity index (χ1n) is 48.8. The number of unbranched alkanes of at least 4 members (excludes halogenated alkanes) is 36. The highest BCUT2D eigenvalue weighted by molar-refractivity contribution is 5.98. The van der Waals surface area contributed by atoms with Gasteiger partial charge in [-0.3, -0.25) is 9.97 Å². The molecule has 0 fully saturated rings. The van der Waals surface area contributed by atoms with Crippen molar-refractivity contribution in [3.05, 3.63) is 203 Å². The average Bonchev–Trinajstić information content (AvgIpc) is 1.62. The summed E-state index contributed by atoms with van der Waals surface area (Å²) < 4.78 is 27.4. The van der Waals surface area contributed by atoms with Crippen molar-refractivity contribution in [1.82, 2.24) is 49.8 Å². The maximum atomic E-state index is 6.84. The van der Waals surface area contributed by atoms with Gasteiger partial charge in [-0.25, -0.2) is 19.9 Å². The number of nitrogens with zero attached hydrogens (tertiary/aromatic N) is 6. The van der Waals surface area contributed by atoms with Crippen LogP contribution in [-0.2, 0) is 0 Å². The Morgan fingerprint density at radius 3 is 0.802 bits per heavy atom. The minimum atomic E-state index is 0.614. The molecule has 0 radical (unpaired) electrons.